The van der Waals surface area contributed by atoms with Crippen LogP contribution in [-0.4, -0.2) is 29.5 Å². The van der Waals surface area contributed by atoms with Gasteiger partial charge in [0, 0.05) is 12.8 Å². The fraction of sp³-hybridized carbons (Fsp3) is 0.200. The highest BCUT2D eigenvalue weighted by Gasteiger charge is 2.14. The predicted molar refractivity (Wildman–Crippen MR) is 79.1 cm³/mol. The first-order chi connectivity index (χ1) is 10.3. The lowest BCUT2D eigenvalue weighted by Crippen LogP contribution is -2.02. The molecular formula is C15H14N6. The summed E-state index contributed by atoms with van der Waals surface area (Å²) in [6.07, 6.45) is 3.14. The second-order valence-electron chi connectivity index (χ2n) is 4.91. The van der Waals surface area contributed by atoms with Gasteiger partial charge in [-0.2, -0.15) is 4.52 Å². The number of rotatable bonds is 3. The number of hydrogen-bond donors (Lipinski definition) is 1. The first-order valence-electron chi connectivity index (χ1n) is 6.96. The highest BCUT2D eigenvalue weighted by molar-refractivity contribution is 5.84. The first-order valence-corrected chi connectivity index (χ1v) is 6.96. The van der Waals surface area contributed by atoms with Crippen molar-refractivity contribution in [2.24, 2.45) is 0 Å². The summed E-state index contributed by atoms with van der Waals surface area (Å²) in [6, 6.07) is 10.2. The molecule has 0 unspecified atom stereocenters. The number of benzene rings is 1. The molecule has 6 nitrogen and oxygen atoms in total. The topological polar surface area (TPSA) is 71.8 Å². The molecule has 0 saturated carbocycles. The highest BCUT2D eigenvalue weighted by Crippen LogP contribution is 2.16. The third kappa shape index (κ3) is 1.96. The second-order valence-corrected chi connectivity index (χ2v) is 4.91. The van der Waals surface area contributed by atoms with Gasteiger partial charge >= 0.3 is 0 Å². The lowest BCUT2D eigenvalue weighted by molar-refractivity contribution is 0.802. The van der Waals surface area contributed by atoms with Crippen molar-refractivity contribution < 1.29 is 0 Å². The number of nitrogens with one attached hydrogen (secondary N) is 1. The Morgan fingerprint density at radius 2 is 2.00 bits per heavy atom. The smallest absolute Gasteiger partial charge is 0.185 e. The Balaban J connectivity index is 1.88. The SMILES string of the molecule is CCc1nc2nc[nH]c2c2nc(Cc3ccccc3)nn12. The first kappa shape index (κ1) is 12.0. The van der Waals surface area contributed by atoms with E-state index in [1.54, 1.807) is 6.33 Å². The van der Waals surface area contributed by atoms with E-state index >= 15 is 0 Å². The van der Waals surface area contributed by atoms with Gasteiger partial charge in [-0.05, 0) is 5.56 Å². The molecule has 4 aromatic rings. The Bertz CT molecular complexity index is 906. The van der Waals surface area contributed by atoms with Crippen LogP contribution in [0.1, 0.15) is 24.1 Å². The summed E-state index contributed by atoms with van der Waals surface area (Å²) in [4.78, 5) is 16.5. The third-order valence-corrected chi connectivity index (χ3v) is 3.49. The summed E-state index contributed by atoms with van der Waals surface area (Å²) in [6.45, 7) is 2.05. The molecule has 104 valence electrons. The van der Waals surface area contributed by atoms with Gasteiger partial charge in [0.25, 0.3) is 0 Å². The molecule has 6 heteroatoms. The fourth-order valence-electron chi connectivity index (χ4n) is 2.48. The number of imidazole rings is 1. The van der Waals surface area contributed by atoms with Gasteiger partial charge in [0.05, 0.1) is 6.33 Å². The Hall–Kier alpha value is -2.76. The maximum absolute atomic E-state index is 4.66. The third-order valence-electron chi connectivity index (χ3n) is 3.49. The van der Waals surface area contributed by atoms with Gasteiger partial charge < -0.3 is 4.98 Å². The van der Waals surface area contributed by atoms with Crippen molar-refractivity contribution in [1.82, 2.24) is 29.5 Å². The zero-order chi connectivity index (χ0) is 14.2. The predicted octanol–water partition coefficient (Wildman–Crippen LogP) is 2.15. The van der Waals surface area contributed by atoms with Crippen LogP contribution in [0.15, 0.2) is 36.7 Å². The number of aromatic amines is 1. The van der Waals surface area contributed by atoms with E-state index in [0.717, 1.165) is 29.2 Å². The standard InChI is InChI=1S/C15H14N6/c1-2-12-19-14-13(16-9-17-14)15-18-11(20-21(12)15)8-10-6-4-3-5-7-10/h3-7,9H,2,8H2,1H3,(H,16,17). The average Bonchev–Trinajstić information content (AvgIpc) is 3.12. The fourth-order valence-corrected chi connectivity index (χ4v) is 2.48. The van der Waals surface area contributed by atoms with E-state index in [4.69, 9.17) is 0 Å². The van der Waals surface area contributed by atoms with Gasteiger partial charge in [0.2, 0.25) is 0 Å². The molecular weight excluding hydrogens is 264 g/mol. The van der Waals surface area contributed by atoms with Crippen molar-refractivity contribution >= 4 is 16.8 Å². The summed E-state index contributed by atoms with van der Waals surface area (Å²) >= 11 is 0. The maximum Gasteiger partial charge on any atom is 0.185 e. The van der Waals surface area contributed by atoms with Crippen molar-refractivity contribution in [3.05, 3.63) is 53.9 Å². The molecule has 0 aliphatic heterocycles. The number of H-pyrrole nitrogens is 1. The van der Waals surface area contributed by atoms with Crippen molar-refractivity contribution in [3.8, 4) is 0 Å². The minimum absolute atomic E-state index is 0.693. The van der Waals surface area contributed by atoms with Crippen LogP contribution in [0.25, 0.3) is 16.8 Å². The van der Waals surface area contributed by atoms with Crippen molar-refractivity contribution in [2.75, 3.05) is 0 Å². The Morgan fingerprint density at radius 1 is 1.14 bits per heavy atom. The molecule has 0 atom stereocenters. The Kier molecular flexibility index (Phi) is 2.67. The van der Waals surface area contributed by atoms with Crippen LogP contribution >= 0.6 is 0 Å². The maximum atomic E-state index is 4.66. The number of aryl methyl sites for hydroxylation is 1. The van der Waals surface area contributed by atoms with Crippen LogP contribution in [-0.2, 0) is 12.8 Å². The van der Waals surface area contributed by atoms with Gasteiger partial charge in [-0.3, -0.25) is 0 Å². The van der Waals surface area contributed by atoms with Gasteiger partial charge in [-0.15, -0.1) is 5.10 Å². The van der Waals surface area contributed by atoms with E-state index in [1.807, 2.05) is 22.7 Å². The molecule has 21 heavy (non-hydrogen) atoms. The molecule has 3 aromatic heterocycles. The summed E-state index contributed by atoms with van der Waals surface area (Å²) in [7, 11) is 0. The number of aromatic nitrogens is 6. The van der Waals surface area contributed by atoms with Crippen LogP contribution < -0.4 is 0 Å². The van der Waals surface area contributed by atoms with Gasteiger partial charge in [0.1, 0.15) is 11.3 Å². The molecule has 0 spiro atoms. The van der Waals surface area contributed by atoms with Crippen molar-refractivity contribution in [1.29, 1.82) is 0 Å². The molecule has 0 aliphatic carbocycles. The number of fused-ring (bicyclic) bond motifs is 3. The Morgan fingerprint density at radius 3 is 2.81 bits per heavy atom. The Labute approximate surface area is 120 Å². The molecule has 0 aliphatic rings. The second kappa shape index (κ2) is 4.66. The van der Waals surface area contributed by atoms with E-state index < -0.39 is 0 Å². The van der Waals surface area contributed by atoms with E-state index in [0.29, 0.717) is 12.1 Å². The van der Waals surface area contributed by atoms with Crippen LogP contribution in [0.2, 0.25) is 0 Å². The van der Waals surface area contributed by atoms with Crippen LogP contribution in [0.5, 0.6) is 0 Å². The summed E-state index contributed by atoms with van der Waals surface area (Å²) in [5.41, 5.74) is 3.51. The summed E-state index contributed by atoms with van der Waals surface area (Å²) < 4.78 is 1.82. The van der Waals surface area contributed by atoms with Crippen LogP contribution in [0.4, 0.5) is 0 Å². The lowest BCUT2D eigenvalue weighted by atomic mass is 10.1. The van der Waals surface area contributed by atoms with E-state index in [2.05, 4.69) is 44.1 Å². The molecule has 0 bridgehead atoms. The molecule has 0 saturated heterocycles. The summed E-state index contributed by atoms with van der Waals surface area (Å²) in [5, 5.41) is 4.60. The molecule has 4 rings (SSSR count). The quantitative estimate of drug-likeness (QED) is 0.623. The molecule has 3 heterocycles. The number of hydrogen-bond acceptors (Lipinski definition) is 4. The largest absolute Gasteiger partial charge is 0.340 e. The minimum Gasteiger partial charge on any atom is -0.340 e. The van der Waals surface area contributed by atoms with Crippen LogP contribution in [0, 0.1) is 0 Å². The average molecular weight is 278 g/mol. The molecule has 0 fully saturated rings. The van der Waals surface area contributed by atoms with Crippen LogP contribution in [0.3, 0.4) is 0 Å². The normalized spacial score (nSPS) is 11.5. The zero-order valence-corrected chi connectivity index (χ0v) is 11.6. The van der Waals surface area contributed by atoms with Gasteiger partial charge in [0.15, 0.2) is 17.1 Å². The van der Waals surface area contributed by atoms with Gasteiger partial charge in [-0.1, -0.05) is 37.3 Å². The zero-order valence-electron chi connectivity index (χ0n) is 11.6. The molecule has 0 radical (unpaired) electrons. The molecule has 0 amide bonds. The lowest BCUT2D eigenvalue weighted by Gasteiger charge is -1.99. The van der Waals surface area contributed by atoms with Crippen molar-refractivity contribution in [3.63, 3.8) is 0 Å². The molecule has 1 aromatic carbocycles. The monoisotopic (exact) mass is 278 g/mol. The van der Waals surface area contributed by atoms with E-state index in [-0.39, 0.29) is 0 Å². The number of nitrogens with zero attached hydrogens (tertiary/aromatic N) is 5. The minimum atomic E-state index is 0.693. The van der Waals surface area contributed by atoms with E-state index in [9.17, 15) is 0 Å². The van der Waals surface area contributed by atoms with Gasteiger partial charge in [-0.25, -0.2) is 15.0 Å². The van der Waals surface area contributed by atoms with E-state index in [1.165, 1.54) is 5.56 Å². The highest BCUT2D eigenvalue weighted by atomic mass is 15.3. The summed E-state index contributed by atoms with van der Waals surface area (Å²) in [5.74, 6) is 1.66. The molecule has 1 N–H and O–H groups in total. The van der Waals surface area contributed by atoms with Crippen molar-refractivity contribution in [2.45, 2.75) is 19.8 Å².